The lowest BCUT2D eigenvalue weighted by Gasteiger charge is -2.32. The van der Waals surface area contributed by atoms with Gasteiger partial charge in [0.25, 0.3) is 5.91 Å². The summed E-state index contributed by atoms with van der Waals surface area (Å²) in [4.78, 5) is 28.0. The number of aromatic nitrogens is 2. The third-order valence-corrected chi connectivity index (χ3v) is 7.79. The van der Waals surface area contributed by atoms with Gasteiger partial charge in [-0.3, -0.25) is 9.59 Å². The molecule has 2 heterocycles. The maximum absolute atomic E-state index is 13.4. The normalized spacial score (nSPS) is 21.8. The van der Waals surface area contributed by atoms with E-state index in [0.717, 1.165) is 44.0 Å². The van der Waals surface area contributed by atoms with E-state index in [0.29, 0.717) is 35.7 Å². The van der Waals surface area contributed by atoms with Crippen molar-refractivity contribution in [3.63, 3.8) is 0 Å². The molecule has 2 fully saturated rings. The summed E-state index contributed by atoms with van der Waals surface area (Å²) in [7, 11) is 0. The Morgan fingerprint density at radius 3 is 2.58 bits per heavy atom. The molecule has 1 N–H and O–H groups in total. The molecule has 7 heteroatoms. The summed E-state index contributed by atoms with van der Waals surface area (Å²) >= 11 is 6.61. The Bertz CT molecular complexity index is 992. The van der Waals surface area contributed by atoms with E-state index in [4.69, 9.17) is 11.6 Å². The van der Waals surface area contributed by atoms with Crippen LogP contribution in [0.3, 0.4) is 0 Å². The van der Waals surface area contributed by atoms with Gasteiger partial charge in [-0.1, -0.05) is 31.9 Å². The van der Waals surface area contributed by atoms with E-state index >= 15 is 0 Å². The van der Waals surface area contributed by atoms with Crippen LogP contribution >= 0.6 is 11.6 Å². The SMILES string of the molecule is CCCN(CC(=O)CC(CC)C1CCC(O)CC1)C(=O)c1nn2ccc(C3CC3)cc2c1Cl. The maximum Gasteiger partial charge on any atom is 0.276 e. The first-order chi connectivity index (χ1) is 15.9. The van der Waals surface area contributed by atoms with Crippen LogP contribution in [0.5, 0.6) is 0 Å². The zero-order valence-electron chi connectivity index (χ0n) is 19.8. The van der Waals surface area contributed by atoms with Gasteiger partial charge >= 0.3 is 0 Å². The molecule has 0 aliphatic heterocycles. The van der Waals surface area contributed by atoms with E-state index in [1.54, 1.807) is 9.42 Å². The summed E-state index contributed by atoms with van der Waals surface area (Å²) in [6.07, 6.45) is 9.85. The average Bonchev–Trinajstić information content (AvgIpc) is 3.61. The molecule has 1 atom stereocenters. The van der Waals surface area contributed by atoms with Gasteiger partial charge in [0, 0.05) is 19.2 Å². The molecular formula is C26H36ClN3O3. The van der Waals surface area contributed by atoms with Gasteiger partial charge in [0.2, 0.25) is 0 Å². The number of nitrogens with zero attached hydrogens (tertiary/aromatic N) is 3. The third-order valence-electron chi connectivity index (χ3n) is 7.42. The van der Waals surface area contributed by atoms with Crippen molar-refractivity contribution in [2.45, 2.75) is 83.7 Å². The van der Waals surface area contributed by atoms with Gasteiger partial charge in [-0.25, -0.2) is 4.52 Å². The molecule has 1 amide bonds. The minimum Gasteiger partial charge on any atom is -0.393 e. The number of pyridine rings is 1. The lowest BCUT2D eigenvalue weighted by Crippen LogP contribution is -2.37. The Labute approximate surface area is 201 Å². The van der Waals surface area contributed by atoms with E-state index < -0.39 is 0 Å². The van der Waals surface area contributed by atoms with Crippen LogP contribution in [-0.2, 0) is 4.79 Å². The summed E-state index contributed by atoms with van der Waals surface area (Å²) in [6.45, 7) is 4.72. The number of Topliss-reactive ketones (excluding diaryl/α,β-unsaturated/α-hetero) is 1. The number of amides is 1. The van der Waals surface area contributed by atoms with Crippen LogP contribution in [0.1, 0.15) is 93.6 Å². The number of carbonyl (C=O) groups excluding carboxylic acids is 2. The van der Waals surface area contributed by atoms with Gasteiger partial charge in [0.05, 0.1) is 23.2 Å². The Hall–Kier alpha value is -1.92. The summed E-state index contributed by atoms with van der Waals surface area (Å²) in [5.41, 5.74) is 2.21. The van der Waals surface area contributed by atoms with Crippen LogP contribution in [-0.4, -0.2) is 50.5 Å². The number of aliphatic hydroxyl groups excluding tert-OH is 1. The summed E-state index contributed by atoms with van der Waals surface area (Å²) in [6, 6.07) is 4.08. The highest BCUT2D eigenvalue weighted by atomic mass is 35.5. The number of rotatable bonds is 10. The maximum atomic E-state index is 13.4. The molecule has 2 aromatic rings. The van der Waals surface area contributed by atoms with Crippen LogP contribution < -0.4 is 0 Å². The molecule has 0 aromatic carbocycles. The highest BCUT2D eigenvalue weighted by molar-refractivity contribution is 6.36. The average molecular weight is 474 g/mol. The molecule has 0 saturated heterocycles. The topological polar surface area (TPSA) is 74.9 Å². The summed E-state index contributed by atoms with van der Waals surface area (Å²) in [5.74, 6) is 1.19. The van der Waals surface area contributed by atoms with E-state index in [-0.39, 0.29) is 30.0 Å². The van der Waals surface area contributed by atoms with Crippen LogP contribution in [0.25, 0.3) is 5.52 Å². The van der Waals surface area contributed by atoms with Crippen LogP contribution in [0.15, 0.2) is 18.3 Å². The molecule has 1 unspecified atom stereocenters. The molecule has 2 aliphatic carbocycles. The second-order valence-electron chi connectivity index (χ2n) is 9.93. The number of ketones is 1. The zero-order chi connectivity index (χ0) is 23.5. The van der Waals surface area contributed by atoms with E-state index in [2.05, 4.69) is 12.0 Å². The van der Waals surface area contributed by atoms with Crippen molar-refractivity contribution in [3.8, 4) is 0 Å². The Morgan fingerprint density at radius 2 is 1.94 bits per heavy atom. The van der Waals surface area contributed by atoms with Gasteiger partial charge in [-0.05, 0) is 80.4 Å². The fraction of sp³-hybridized carbons (Fsp3) is 0.654. The fourth-order valence-corrected chi connectivity index (χ4v) is 5.56. The molecule has 4 rings (SSSR count). The first-order valence-electron chi connectivity index (χ1n) is 12.6. The third kappa shape index (κ3) is 5.60. The fourth-order valence-electron chi connectivity index (χ4n) is 5.30. The van der Waals surface area contributed by atoms with Crippen molar-refractivity contribution in [1.82, 2.24) is 14.5 Å². The number of carbonyl (C=O) groups is 2. The number of aliphatic hydroxyl groups is 1. The molecule has 0 radical (unpaired) electrons. The molecule has 2 aromatic heterocycles. The van der Waals surface area contributed by atoms with Gasteiger partial charge in [-0.15, -0.1) is 0 Å². The number of hydrogen-bond acceptors (Lipinski definition) is 4. The van der Waals surface area contributed by atoms with Crippen molar-refractivity contribution >= 4 is 28.8 Å². The minimum absolute atomic E-state index is 0.0886. The molecule has 0 bridgehead atoms. The van der Waals surface area contributed by atoms with Crippen molar-refractivity contribution in [2.24, 2.45) is 11.8 Å². The van der Waals surface area contributed by atoms with E-state index in [1.165, 1.54) is 18.4 Å². The second kappa shape index (κ2) is 10.6. The minimum atomic E-state index is -0.277. The molecule has 180 valence electrons. The Morgan fingerprint density at radius 1 is 1.21 bits per heavy atom. The quantitative estimate of drug-likeness (QED) is 0.511. The molecule has 6 nitrogen and oxygen atoms in total. The lowest BCUT2D eigenvalue weighted by atomic mass is 9.76. The van der Waals surface area contributed by atoms with Gasteiger partial charge in [0.15, 0.2) is 11.5 Å². The highest BCUT2D eigenvalue weighted by Gasteiger charge is 2.30. The van der Waals surface area contributed by atoms with E-state index in [9.17, 15) is 14.7 Å². The highest BCUT2D eigenvalue weighted by Crippen LogP contribution is 2.41. The summed E-state index contributed by atoms with van der Waals surface area (Å²) < 4.78 is 1.66. The Balaban J connectivity index is 1.45. The van der Waals surface area contributed by atoms with Crippen molar-refractivity contribution in [2.75, 3.05) is 13.1 Å². The largest absolute Gasteiger partial charge is 0.393 e. The smallest absolute Gasteiger partial charge is 0.276 e. The standard InChI is InChI=1S/C26H36ClN3O3/c1-3-12-29(16-22(32)14-17(4-2)18-7-9-21(31)10-8-18)26(33)25-24(27)23-15-20(19-5-6-19)11-13-30(23)28-25/h11,13,15,17-19,21,31H,3-10,12,14,16H2,1-2H3. The molecule has 2 saturated carbocycles. The van der Waals surface area contributed by atoms with E-state index in [1.807, 2.05) is 25.3 Å². The predicted octanol–water partition coefficient (Wildman–Crippen LogP) is 5.25. The van der Waals surface area contributed by atoms with Crippen molar-refractivity contribution in [3.05, 3.63) is 34.6 Å². The van der Waals surface area contributed by atoms with Gasteiger partial charge in [-0.2, -0.15) is 5.10 Å². The first-order valence-corrected chi connectivity index (χ1v) is 13.0. The number of hydrogen-bond donors (Lipinski definition) is 1. The van der Waals surface area contributed by atoms with Crippen molar-refractivity contribution < 1.29 is 14.7 Å². The Kier molecular flexibility index (Phi) is 7.75. The first kappa shape index (κ1) is 24.2. The van der Waals surface area contributed by atoms with Crippen LogP contribution in [0.4, 0.5) is 0 Å². The second-order valence-corrected chi connectivity index (χ2v) is 10.3. The molecular weight excluding hydrogens is 438 g/mol. The van der Waals surface area contributed by atoms with Gasteiger partial charge in [0.1, 0.15) is 0 Å². The molecule has 0 spiro atoms. The monoisotopic (exact) mass is 473 g/mol. The summed E-state index contributed by atoms with van der Waals surface area (Å²) in [5, 5.41) is 14.6. The molecule has 33 heavy (non-hydrogen) atoms. The van der Waals surface area contributed by atoms with Crippen LogP contribution in [0.2, 0.25) is 5.02 Å². The van der Waals surface area contributed by atoms with Crippen molar-refractivity contribution in [1.29, 1.82) is 0 Å². The molecule has 2 aliphatic rings. The number of halogens is 1. The predicted molar refractivity (Wildman–Crippen MR) is 130 cm³/mol. The zero-order valence-corrected chi connectivity index (χ0v) is 20.6. The van der Waals surface area contributed by atoms with Gasteiger partial charge < -0.3 is 10.0 Å². The number of fused-ring (bicyclic) bond motifs is 1. The lowest BCUT2D eigenvalue weighted by molar-refractivity contribution is -0.121. The van der Waals surface area contributed by atoms with Crippen LogP contribution in [0, 0.1) is 11.8 Å².